The van der Waals surface area contributed by atoms with Crippen LogP contribution in [-0.2, 0) is 11.2 Å². The lowest BCUT2D eigenvalue weighted by atomic mass is 10.0. The van der Waals surface area contributed by atoms with Crippen LogP contribution in [0.15, 0.2) is 38.8 Å². The van der Waals surface area contributed by atoms with Crippen LogP contribution < -0.4 is 11.1 Å². The minimum atomic E-state index is 0.0700. The summed E-state index contributed by atoms with van der Waals surface area (Å²) in [6, 6.07) is 8.06. The highest BCUT2D eigenvalue weighted by molar-refractivity contribution is 8.01. The Kier molecular flexibility index (Phi) is 3.01. The van der Waals surface area contributed by atoms with E-state index in [1.165, 1.54) is 9.77 Å². The average Bonchev–Trinajstić information content (AvgIpc) is 2.83. The summed E-state index contributed by atoms with van der Waals surface area (Å²) >= 11 is 3.38. The molecular formula is C13H12N2OS2. The lowest BCUT2D eigenvalue weighted by molar-refractivity contribution is -0.116. The van der Waals surface area contributed by atoms with Gasteiger partial charge in [0.1, 0.15) is 0 Å². The fraction of sp³-hybridized carbons (Fsp3) is 0.154. The first kappa shape index (κ1) is 11.6. The van der Waals surface area contributed by atoms with Crippen molar-refractivity contribution in [1.82, 2.24) is 0 Å². The number of carbonyl (C=O) groups excluding carboxylic acids is 1. The predicted octanol–water partition coefficient (Wildman–Crippen LogP) is 3.37. The van der Waals surface area contributed by atoms with Crippen molar-refractivity contribution in [2.75, 3.05) is 11.1 Å². The molecule has 0 atom stereocenters. The van der Waals surface area contributed by atoms with Crippen molar-refractivity contribution in [3.63, 3.8) is 0 Å². The summed E-state index contributed by atoms with van der Waals surface area (Å²) in [4.78, 5) is 12.4. The number of benzene rings is 1. The second-order valence-electron chi connectivity index (χ2n) is 4.13. The van der Waals surface area contributed by atoms with Crippen molar-refractivity contribution < 1.29 is 4.79 Å². The number of rotatable bonds is 2. The van der Waals surface area contributed by atoms with E-state index in [1.807, 2.05) is 12.1 Å². The highest BCUT2D eigenvalue weighted by Crippen LogP contribution is 2.38. The van der Waals surface area contributed by atoms with Gasteiger partial charge >= 0.3 is 0 Å². The molecule has 2 aromatic rings. The van der Waals surface area contributed by atoms with E-state index in [0.29, 0.717) is 12.1 Å². The number of hydrogen-bond acceptors (Lipinski definition) is 4. The standard InChI is InChI=1S/C13H12N2OS2/c14-9-7-10-8(3-4-12(16)15-10)6-11(9)18-13-2-1-5-17-13/h1-2,5-7H,3-4,14H2,(H,15,16). The minimum Gasteiger partial charge on any atom is -0.398 e. The summed E-state index contributed by atoms with van der Waals surface area (Å²) in [6.07, 6.45) is 1.35. The van der Waals surface area contributed by atoms with Gasteiger partial charge in [-0.05, 0) is 35.6 Å². The molecule has 0 fully saturated rings. The largest absolute Gasteiger partial charge is 0.398 e. The van der Waals surface area contributed by atoms with Crippen LogP contribution in [0, 0.1) is 0 Å². The maximum Gasteiger partial charge on any atom is 0.224 e. The molecule has 3 rings (SSSR count). The van der Waals surface area contributed by atoms with Crippen molar-refractivity contribution in [2.24, 2.45) is 0 Å². The Hall–Kier alpha value is -1.46. The van der Waals surface area contributed by atoms with Gasteiger partial charge in [0.2, 0.25) is 5.91 Å². The molecule has 0 spiro atoms. The molecule has 2 heterocycles. The van der Waals surface area contributed by atoms with Gasteiger partial charge in [-0.1, -0.05) is 17.8 Å². The Balaban J connectivity index is 1.94. The fourth-order valence-electron chi connectivity index (χ4n) is 1.94. The summed E-state index contributed by atoms with van der Waals surface area (Å²) < 4.78 is 1.22. The van der Waals surface area contributed by atoms with E-state index in [0.717, 1.165) is 17.0 Å². The van der Waals surface area contributed by atoms with Crippen molar-refractivity contribution in [1.29, 1.82) is 0 Å². The summed E-state index contributed by atoms with van der Waals surface area (Å²) in [6.45, 7) is 0. The van der Waals surface area contributed by atoms with Gasteiger partial charge in [-0.15, -0.1) is 11.3 Å². The zero-order chi connectivity index (χ0) is 12.5. The molecule has 0 unspecified atom stereocenters. The predicted molar refractivity (Wildman–Crippen MR) is 76.2 cm³/mol. The molecule has 1 aliphatic rings. The van der Waals surface area contributed by atoms with E-state index in [1.54, 1.807) is 23.1 Å². The van der Waals surface area contributed by atoms with E-state index in [4.69, 9.17) is 5.73 Å². The SMILES string of the molecule is Nc1cc2c(cc1Sc1cccs1)CCC(=O)N2. The monoisotopic (exact) mass is 276 g/mol. The molecule has 5 heteroatoms. The number of nitrogens with one attached hydrogen (secondary N) is 1. The smallest absolute Gasteiger partial charge is 0.224 e. The molecule has 1 aromatic carbocycles. The van der Waals surface area contributed by atoms with Crippen LogP contribution in [0.25, 0.3) is 0 Å². The number of fused-ring (bicyclic) bond motifs is 1. The third kappa shape index (κ3) is 2.23. The molecule has 1 aromatic heterocycles. The minimum absolute atomic E-state index is 0.0700. The summed E-state index contributed by atoms with van der Waals surface area (Å²) in [7, 11) is 0. The third-order valence-electron chi connectivity index (χ3n) is 2.84. The van der Waals surface area contributed by atoms with E-state index in [2.05, 4.69) is 22.8 Å². The Labute approximate surface area is 113 Å². The second kappa shape index (κ2) is 4.66. The Morgan fingerprint density at radius 3 is 3.00 bits per heavy atom. The van der Waals surface area contributed by atoms with E-state index in [-0.39, 0.29) is 5.91 Å². The molecule has 3 N–H and O–H groups in total. The molecule has 0 aliphatic carbocycles. The first-order valence-electron chi connectivity index (χ1n) is 5.66. The van der Waals surface area contributed by atoms with Gasteiger partial charge in [0.15, 0.2) is 0 Å². The van der Waals surface area contributed by atoms with Crippen molar-refractivity contribution in [3.05, 3.63) is 35.2 Å². The fourth-order valence-corrected chi connectivity index (χ4v) is 3.76. The highest BCUT2D eigenvalue weighted by atomic mass is 32.2. The number of thiophene rings is 1. The van der Waals surface area contributed by atoms with E-state index < -0.39 is 0 Å². The zero-order valence-corrected chi connectivity index (χ0v) is 11.2. The molecule has 0 bridgehead atoms. The van der Waals surface area contributed by atoms with Gasteiger partial charge in [-0.2, -0.15) is 0 Å². The molecule has 0 saturated carbocycles. The second-order valence-corrected chi connectivity index (χ2v) is 6.42. The van der Waals surface area contributed by atoms with Crippen LogP contribution >= 0.6 is 23.1 Å². The first-order chi connectivity index (χ1) is 8.72. The van der Waals surface area contributed by atoms with Crippen LogP contribution in [0.2, 0.25) is 0 Å². The van der Waals surface area contributed by atoms with E-state index >= 15 is 0 Å². The molecule has 1 amide bonds. The first-order valence-corrected chi connectivity index (χ1v) is 7.35. The third-order valence-corrected chi connectivity index (χ3v) is 4.95. The topological polar surface area (TPSA) is 55.1 Å². The van der Waals surface area contributed by atoms with Crippen molar-refractivity contribution in [2.45, 2.75) is 21.9 Å². The van der Waals surface area contributed by atoms with Gasteiger partial charge in [0.05, 0.1) is 4.21 Å². The maximum atomic E-state index is 11.3. The molecule has 3 nitrogen and oxygen atoms in total. The quantitative estimate of drug-likeness (QED) is 0.827. The van der Waals surface area contributed by atoms with E-state index in [9.17, 15) is 4.79 Å². The van der Waals surface area contributed by atoms with Crippen LogP contribution in [-0.4, -0.2) is 5.91 Å². The number of nitrogen functional groups attached to an aromatic ring is 1. The zero-order valence-electron chi connectivity index (χ0n) is 9.60. The number of anilines is 2. The molecule has 92 valence electrons. The number of carbonyl (C=O) groups is 1. The Bertz CT molecular complexity index is 593. The highest BCUT2D eigenvalue weighted by Gasteiger charge is 2.17. The van der Waals surface area contributed by atoms with Crippen LogP contribution in [0.3, 0.4) is 0 Å². The molecule has 18 heavy (non-hydrogen) atoms. The lowest BCUT2D eigenvalue weighted by Gasteiger charge is -2.18. The van der Waals surface area contributed by atoms with Crippen LogP contribution in [0.5, 0.6) is 0 Å². The lowest BCUT2D eigenvalue weighted by Crippen LogP contribution is -2.19. The number of nitrogens with two attached hydrogens (primary N) is 1. The summed E-state index contributed by atoms with van der Waals surface area (Å²) in [5.74, 6) is 0.0700. The van der Waals surface area contributed by atoms with Crippen molar-refractivity contribution in [3.8, 4) is 0 Å². The molecule has 0 radical (unpaired) electrons. The maximum absolute atomic E-state index is 11.3. The molecule has 1 aliphatic heterocycles. The summed E-state index contributed by atoms with van der Waals surface area (Å²) in [5, 5.41) is 4.91. The van der Waals surface area contributed by atoms with Gasteiger partial charge in [-0.3, -0.25) is 4.79 Å². The van der Waals surface area contributed by atoms with Crippen LogP contribution in [0.1, 0.15) is 12.0 Å². The normalized spacial score (nSPS) is 14.1. The molecule has 0 saturated heterocycles. The van der Waals surface area contributed by atoms with Gasteiger partial charge in [0, 0.05) is 22.7 Å². The number of amides is 1. The van der Waals surface area contributed by atoms with Crippen LogP contribution in [0.4, 0.5) is 11.4 Å². The Morgan fingerprint density at radius 2 is 2.22 bits per heavy atom. The van der Waals surface area contributed by atoms with Gasteiger partial charge in [-0.25, -0.2) is 0 Å². The van der Waals surface area contributed by atoms with Crippen molar-refractivity contribution >= 4 is 40.4 Å². The summed E-state index contributed by atoms with van der Waals surface area (Å²) in [5.41, 5.74) is 8.79. The Morgan fingerprint density at radius 1 is 1.33 bits per heavy atom. The average molecular weight is 276 g/mol. The molecular weight excluding hydrogens is 264 g/mol. The number of hydrogen-bond donors (Lipinski definition) is 2. The number of aryl methyl sites for hydroxylation is 1. The van der Waals surface area contributed by atoms with Gasteiger partial charge in [0.25, 0.3) is 0 Å². The van der Waals surface area contributed by atoms with Gasteiger partial charge < -0.3 is 11.1 Å².